The molecule has 0 radical (unpaired) electrons. The molecule has 1 rings (SSSR count). The van der Waals surface area contributed by atoms with E-state index in [4.69, 9.17) is 5.26 Å². The number of benzene rings is 1. The summed E-state index contributed by atoms with van der Waals surface area (Å²) in [6.07, 6.45) is 0.576. The van der Waals surface area contributed by atoms with Gasteiger partial charge in [0.25, 0.3) is 5.69 Å². The average Bonchev–Trinajstić information content (AvgIpc) is 2.26. The molecule has 0 aliphatic carbocycles. The minimum atomic E-state index is -0.635. The second-order valence-corrected chi connectivity index (χ2v) is 3.32. The van der Waals surface area contributed by atoms with Crippen LogP contribution in [-0.4, -0.2) is 10.7 Å². The van der Waals surface area contributed by atoms with Gasteiger partial charge in [0.2, 0.25) is 0 Å². The highest BCUT2D eigenvalue weighted by atomic mass is 16.6. The summed E-state index contributed by atoms with van der Waals surface area (Å²) in [7, 11) is 0. The van der Waals surface area contributed by atoms with Crippen LogP contribution in [0.3, 0.4) is 0 Å². The topological polar surface area (TPSA) is 84.0 Å². The van der Waals surface area contributed by atoms with Crippen LogP contribution in [0.15, 0.2) is 12.1 Å². The fourth-order valence-electron chi connectivity index (χ4n) is 1.43. The molecule has 0 aromatic heterocycles. The first kappa shape index (κ1) is 11.9. The summed E-state index contributed by atoms with van der Waals surface area (Å²) in [6.45, 7) is 3.12. The van der Waals surface area contributed by atoms with Crippen molar-refractivity contribution in [3.05, 3.63) is 38.9 Å². The number of nitrogens with zero attached hydrogens (tertiary/aromatic N) is 2. The molecule has 1 aromatic carbocycles. The Bertz CT molecular complexity index is 465. The van der Waals surface area contributed by atoms with Crippen molar-refractivity contribution in [1.29, 1.82) is 5.26 Å². The first-order chi connectivity index (χ1) is 7.51. The van der Waals surface area contributed by atoms with Crippen LogP contribution in [0.5, 0.6) is 0 Å². The Balaban J connectivity index is 3.61. The van der Waals surface area contributed by atoms with E-state index in [1.165, 1.54) is 19.1 Å². The van der Waals surface area contributed by atoms with E-state index < -0.39 is 4.92 Å². The molecule has 0 spiro atoms. The zero-order valence-corrected chi connectivity index (χ0v) is 8.98. The number of carbonyl (C=O) groups is 1. The van der Waals surface area contributed by atoms with Crippen molar-refractivity contribution in [3.63, 3.8) is 0 Å². The van der Waals surface area contributed by atoms with Crippen molar-refractivity contribution in [2.24, 2.45) is 0 Å². The van der Waals surface area contributed by atoms with Crippen molar-refractivity contribution in [3.8, 4) is 6.07 Å². The van der Waals surface area contributed by atoms with E-state index in [1.807, 2.05) is 6.92 Å². The van der Waals surface area contributed by atoms with Gasteiger partial charge >= 0.3 is 0 Å². The Labute approximate surface area is 92.5 Å². The van der Waals surface area contributed by atoms with Crippen molar-refractivity contribution in [2.75, 3.05) is 0 Å². The summed E-state index contributed by atoms with van der Waals surface area (Å²) in [5.74, 6) is -0.338. The second-order valence-electron chi connectivity index (χ2n) is 3.32. The Kier molecular flexibility index (Phi) is 3.36. The smallest absolute Gasteiger partial charge is 0.288 e. The van der Waals surface area contributed by atoms with Gasteiger partial charge in [-0.05, 0) is 25.0 Å². The monoisotopic (exact) mass is 218 g/mol. The van der Waals surface area contributed by atoms with Crippen LogP contribution in [0, 0.1) is 21.4 Å². The normalized spacial score (nSPS) is 9.56. The molecule has 82 valence electrons. The first-order valence-corrected chi connectivity index (χ1v) is 4.73. The Hall–Kier alpha value is -2.22. The van der Waals surface area contributed by atoms with Crippen LogP contribution in [0.25, 0.3) is 0 Å². The SMILES string of the molecule is CCc1cc(C(C)=O)c(C#N)c([N+](=O)[O-])c1. The van der Waals surface area contributed by atoms with E-state index in [9.17, 15) is 14.9 Å². The Morgan fingerprint density at radius 3 is 2.56 bits per heavy atom. The molecule has 0 aliphatic heterocycles. The number of Topliss-reactive ketones (excluding diaryl/α,β-unsaturated/α-hetero) is 1. The zero-order chi connectivity index (χ0) is 12.3. The number of nitro groups is 1. The summed E-state index contributed by atoms with van der Waals surface area (Å²) in [6, 6.07) is 4.59. The number of hydrogen-bond donors (Lipinski definition) is 0. The summed E-state index contributed by atoms with van der Waals surface area (Å²) in [4.78, 5) is 21.4. The summed E-state index contributed by atoms with van der Waals surface area (Å²) in [5, 5.41) is 19.6. The molecule has 0 unspecified atom stereocenters. The standard InChI is InChI=1S/C11H10N2O3/c1-3-8-4-9(7(2)14)10(6-12)11(5-8)13(15)16/h4-5H,3H2,1-2H3. The van der Waals surface area contributed by atoms with Gasteiger partial charge in [0.05, 0.1) is 4.92 Å². The number of rotatable bonds is 3. The minimum absolute atomic E-state index is 0.119. The lowest BCUT2D eigenvalue weighted by Crippen LogP contribution is -2.03. The molecular formula is C11H10N2O3. The van der Waals surface area contributed by atoms with E-state index >= 15 is 0 Å². The number of carbonyl (C=O) groups excluding carboxylic acids is 1. The van der Waals surface area contributed by atoms with E-state index in [-0.39, 0.29) is 22.6 Å². The molecule has 0 saturated heterocycles. The molecule has 1 aromatic rings. The molecule has 0 aliphatic rings. The van der Waals surface area contributed by atoms with Crippen molar-refractivity contribution in [2.45, 2.75) is 20.3 Å². The predicted octanol–water partition coefficient (Wildman–Crippen LogP) is 2.23. The van der Waals surface area contributed by atoms with Crippen molar-refractivity contribution >= 4 is 11.5 Å². The Morgan fingerprint density at radius 1 is 1.56 bits per heavy atom. The van der Waals surface area contributed by atoms with Gasteiger partial charge in [-0.2, -0.15) is 5.26 Å². The van der Waals surface area contributed by atoms with Gasteiger partial charge in [0, 0.05) is 11.6 Å². The average molecular weight is 218 g/mol. The van der Waals surface area contributed by atoms with Crippen LogP contribution in [0.4, 0.5) is 5.69 Å². The molecule has 0 bridgehead atoms. The molecule has 0 atom stereocenters. The molecule has 0 N–H and O–H groups in total. The minimum Gasteiger partial charge on any atom is -0.294 e. The summed E-state index contributed by atoms with van der Waals surface area (Å²) in [5.41, 5.74) is 0.339. The number of aryl methyl sites for hydroxylation is 1. The number of nitriles is 1. The van der Waals surface area contributed by atoms with Gasteiger partial charge < -0.3 is 0 Å². The largest absolute Gasteiger partial charge is 0.294 e. The molecule has 0 amide bonds. The lowest BCUT2D eigenvalue weighted by atomic mass is 9.99. The molecule has 0 saturated carbocycles. The number of hydrogen-bond acceptors (Lipinski definition) is 4. The number of ketones is 1. The lowest BCUT2D eigenvalue weighted by Gasteiger charge is -2.04. The van der Waals surface area contributed by atoms with Gasteiger partial charge in [-0.1, -0.05) is 6.92 Å². The maximum absolute atomic E-state index is 11.3. The fourth-order valence-corrected chi connectivity index (χ4v) is 1.43. The van der Waals surface area contributed by atoms with E-state index in [1.54, 1.807) is 6.07 Å². The molecule has 5 heteroatoms. The van der Waals surface area contributed by atoms with Crippen molar-refractivity contribution in [1.82, 2.24) is 0 Å². The first-order valence-electron chi connectivity index (χ1n) is 4.73. The second kappa shape index (κ2) is 4.53. The quantitative estimate of drug-likeness (QED) is 0.442. The van der Waals surface area contributed by atoms with Gasteiger partial charge in [-0.15, -0.1) is 0 Å². The number of nitro benzene ring substituents is 1. The maximum Gasteiger partial charge on any atom is 0.288 e. The van der Waals surface area contributed by atoms with E-state index in [2.05, 4.69) is 0 Å². The highest BCUT2D eigenvalue weighted by Crippen LogP contribution is 2.24. The van der Waals surface area contributed by atoms with Gasteiger partial charge in [-0.25, -0.2) is 0 Å². The highest BCUT2D eigenvalue weighted by molar-refractivity contribution is 5.98. The van der Waals surface area contributed by atoms with Crippen LogP contribution in [0.2, 0.25) is 0 Å². The highest BCUT2D eigenvalue weighted by Gasteiger charge is 2.21. The fraction of sp³-hybridized carbons (Fsp3) is 0.273. The summed E-state index contributed by atoms with van der Waals surface area (Å²) >= 11 is 0. The van der Waals surface area contributed by atoms with Gasteiger partial charge in [0.1, 0.15) is 11.6 Å². The van der Waals surface area contributed by atoms with Crippen LogP contribution >= 0.6 is 0 Å². The van der Waals surface area contributed by atoms with Crippen LogP contribution in [-0.2, 0) is 6.42 Å². The molecule has 16 heavy (non-hydrogen) atoms. The molecule has 0 fully saturated rings. The van der Waals surface area contributed by atoms with Crippen molar-refractivity contribution < 1.29 is 9.72 Å². The van der Waals surface area contributed by atoms with Gasteiger partial charge in [-0.3, -0.25) is 14.9 Å². The molecular weight excluding hydrogens is 208 g/mol. The maximum atomic E-state index is 11.3. The third-order valence-electron chi connectivity index (χ3n) is 2.27. The lowest BCUT2D eigenvalue weighted by molar-refractivity contribution is -0.385. The summed E-state index contributed by atoms with van der Waals surface area (Å²) < 4.78 is 0. The zero-order valence-electron chi connectivity index (χ0n) is 8.98. The molecule has 0 heterocycles. The predicted molar refractivity (Wildman–Crippen MR) is 57.2 cm³/mol. The molecule has 5 nitrogen and oxygen atoms in total. The van der Waals surface area contributed by atoms with E-state index in [0.717, 1.165) is 0 Å². The van der Waals surface area contributed by atoms with Gasteiger partial charge in [0.15, 0.2) is 5.78 Å². The van der Waals surface area contributed by atoms with E-state index in [0.29, 0.717) is 12.0 Å². The Morgan fingerprint density at radius 2 is 2.19 bits per heavy atom. The van der Waals surface area contributed by atoms with Crippen LogP contribution < -0.4 is 0 Å². The third-order valence-corrected chi connectivity index (χ3v) is 2.27. The third kappa shape index (κ3) is 2.06. The van der Waals surface area contributed by atoms with Crippen LogP contribution in [0.1, 0.15) is 35.3 Å².